The molecule has 2 aromatic heterocycles. The van der Waals surface area contributed by atoms with E-state index in [1.54, 1.807) is 12.5 Å². The van der Waals surface area contributed by atoms with Gasteiger partial charge in [0.05, 0.1) is 31.2 Å². The van der Waals surface area contributed by atoms with Crippen molar-refractivity contribution in [1.82, 2.24) is 20.4 Å². The van der Waals surface area contributed by atoms with Gasteiger partial charge in [0, 0.05) is 13.1 Å². The highest BCUT2D eigenvalue weighted by Crippen LogP contribution is 2.25. The van der Waals surface area contributed by atoms with E-state index in [0.29, 0.717) is 13.1 Å². The van der Waals surface area contributed by atoms with E-state index in [2.05, 4.69) is 47.5 Å². The molecule has 1 saturated heterocycles. The number of nitrogens with zero attached hydrogens (tertiary/aromatic N) is 3. The van der Waals surface area contributed by atoms with E-state index in [4.69, 9.17) is 13.8 Å². The zero-order valence-electron chi connectivity index (χ0n) is 18.3. The molecule has 0 saturated carbocycles. The van der Waals surface area contributed by atoms with Crippen molar-refractivity contribution >= 4 is 29.9 Å². The quantitative estimate of drug-likeness (QED) is 0.292. The molecule has 168 valence electrons. The third kappa shape index (κ3) is 7.02. The van der Waals surface area contributed by atoms with Crippen molar-refractivity contribution in [3.63, 3.8) is 0 Å². The number of guanidine groups is 1. The van der Waals surface area contributed by atoms with E-state index in [0.717, 1.165) is 37.1 Å². The third-order valence-electron chi connectivity index (χ3n) is 5.43. The Balaban J connectivity index is 0.00000320. The molecule has 2 unspecified atom stereocenters. The summed E-state index contributed by atoms with van der Waals surface area (Å²) in [6, 6.07) is 8.28. The van der Waals surface area contributed by atoms with Gasteiger partial charge in [0.15, 0.2) is 5.96 Å². The van der Waals surface area contributed by atoms with E-state index in [-0.39, 0.29) is 36.1 Å². The molecule has 7 nitrogen and oxygen atoms in total. The van der Waals surface area contributed by atoms with Crippen LogP contribution in [0.3, 0.4) is 0 Å². The second-order valence-electron chi connectivity index (χ2n) is 7.72. The van der Waals surface area contributed by atoms with Crippen molar-refractivity contribution in [3.05, 3.63) is 48.3 Å². The highest BCUT2D eigenvalue weighted by Gasteiger charge is 2.24. The highest BCUT2D eigenvalue weighted by molar-refractivity contribution is 14.0. The smallest absolute Gasteiger partial charge is 0.191 e. The maximum Gasteiger partial charge on any atom is 0.191 e. The van der Waals surface area contributed by atoms with E-state index < -0.39 is 0 Å². The molecule has 0 spiro atoms. The van der Waals surface area contributed by atoms with Gasteiger partial charge in [-0.15, -0.1) is 24.0 Å². The lowest BCUT2D eigenvalue weighted by Crippen LogP contribution is -2.42. The Morgan fingerprint density at radius 2 is 1.73 bits per heavy atom. The van der Waals surface area contributed by atoms with Crippen LogP contribution in [-0.2, 0) is 0 Å². The van der Waals surface area contributed by atoms with Crippen molar-refractivity contribution in [3.8, 4) is 0 Å². The van der Waals surface area contributed by atoms with Crippen molar-refractivity contribution < 1.29 is 8.83 Å². The van der Waals surface area contributed by atoms with Crippen molar-refractivity contribution in [2.24, 2.45) is 4.99 Å². The molecular formula is C22H36IN5O2. The van der Waals surface area contributed by atoms with E-state index in [1.165, 1.54) is 19.3 Å². The lowest BCUT2D eigenvalue weighted by Gasteiger charge is -2.32. The summed E-state index contributed by atoms with van der Waals surface area (Å²) in [6.45, 7) is 6.48. The summed E-state index contributed by atoms with van der Waals surface area (Å²) in [5.41, 5.74) is 0. The van der Waals surface area contributed by atoms with Gasteiger partial charge in [-0.3, -0.25) is 14.8 Å². The van der Waals surface area contributed by atoms with Crippen LogP contribution < -0.4 is 10.6 Å². The van der Waals surface area contributed by atoms with Crippen LogP contribution in [0.2, 0.25) is 0 Å². The monoisotopic (exact) mass is 529 g/mol. The van der Waals surface area contributed by atoms with Gasteiger partial charge >= 0.3 is 0 Å². The SMILES string of the molecule is CCNC(=NCC(c1ccco1)N1CCCCC1)NCC(c1ccco1)N(C)C.I. The Morgan fingerprint density at radius 3 is 2.30 bits per heavy atom. The van der Waals surface area contributed by atoms with Gasteiger partial charge in [0.2, 0.25) is 0 Å². The fourth-order valence-electron chi connectivity index (χ4n) is 3.83. The predicted molar refractivity (Wildman–Crippen MR) is 131 cm³/mol. The number of rotatable bonds is 9. The summed E-state index contributed by atoms with van der Waals surface area (Å²) < 4.78 is 11.4. The number of halogens is 1. The number of likely N-dealkylation sites (tertiary alicyclic amines) is 1. The molecule has 3 rings (SSSR count). The van der Waals surface area contributed by atoms with E-state index in [1.807, 2.05) is 18.2 Å². The number of hydrogen-bond acceptors (Lipinski definition) is 5. The lowest BCUT2D eigenvalue weighted by atomic mass is 10.1. The van der Waals surface area contributed by atoms with Crippen molar-refractivity contribution in [2.45, 2.75) is 38.3 Å². The minimum Gasteiger partial charge on any atom is -0.468 e. The molecule has 1 fully saturated rings. The first-order valence-electron chi connectivity index (χ1n) is 10.7. The number of piperidine rings is 1. The van der Waals surface area contributed by atoms with Crippen LogP contribution in [-0.4, -0.2) is 62.6 Å². The molecule has 2 atom stereocenters. The molecule has 1 aliphatic rings. The fraction of sp³-hybridized carbons (Fsp3) is 0.591. The zero-order chi connectivity index (χ0) is 20.5. The molecule has 2 aromatic rings. The molecule has 0 radical (unpaired) electrons. The first-order valence-corrected chi connectivity index (χ1v) is 10.7. The van der Waals surface area contributed by atoms with Crippen LogP contribution >= 0.6 is 24.0 Å². The number of aliphatic imine (C=N–C) groups is 1. The van der Waals surface area contributed by atoms with Crippen molar-refractivity contribution in [2.75, 3.05) is 46.8 Å². The Kier molecular flexibility index (Phi) is 10.7. The van der Waals surface area contributed by atoms with Crippen molar-refractivity contribution in [1.29, 1.82) is 0 Å². The predicted octanol–water partition coefficient (Wildman–Crippen LogP) is 3.88. The average Bonchev–Trinajstić information content (AvgIpc) is 3.43. The Morgan fingerprint density at radius 1 is 1.07 bits per heavy atom. The second kappa shape index (κ2) is 13.0. The van der Waals surface area contributed by atoms with E-state index >= 15 is 0 Å². The highest BCUT2D eigenvalue weighted by atomic mass is 127. The van der Waals surface area contributed by atoms with Crippen LogP contribution in [0.1, 0.15) is 49.8 Å². The summed E-state index contributed by atoms with van der Waals surface area (Å²) in [4.78, 5) is 9.55. The maximum atomic E-state index is 5.75. The number of hydrogen-bond donors (Lipinski definition) is 2. The van der Waals surface area contributed by atoms with Crippen LogP contribution in [0.25, 0.3) is 0 Å². The molecule has 0 amide bonds. The third-order valence-corrected chi connectivity index (χ3v) is 5.43. The molecule has 2 N–H and O–H groups in total. The number of furan rings is 2. The topological polar surface area (TPSA) is 69.2 Å². The Bertz CT molecular complexity index is 712. The Labute approximate surface area is 197 Å². The van der Waals surface area contributed by atoms with Gasteiger partial charge in [0.1, 0.15) is 11.5 Å². The van der Waals surface area contributed by atoms with Gasteiger partial charge in [-0.2, -0.15) is 0 Å². The maximum absolute atomic E-state index is 5.75. The molecule has 3 heterocycles. The fourth-order valence-corrected chi connectivity index (χ4v) is 3.83. The molecule has 1 aliphatic heterocycles. The Hall–Kier alpha value is -1.52. The molecular weight excluding hydrogens is 493 g/mol. The number of likely N-dealkylation sites (N-methyl/N-ethyl adjacent to an activating group) is 1. The van der Waals surface area contributed by atoms with Crippen LogP contribution in [0.4, 0.5) is 0 Å². The molecule has 30 heavy (non-hydrogen) atoms. The summed E-state index contributed by atoms with van der Waals surface area (Å²) in [5, 5.41) is 6.85. The normalized spacial score (nSPS) is 17.4. The van der Waals surface area contributed by atoms with Gasteiger partial charge in [-0.1, -0.05) is 6.42 Å². The summed E-state index contributed by atoms with van der Waals surface area (Å²) in [6.07, 6.45) is 7.27. The minimum absolute atomic E-state index is 0. The standard InChI is InChI=1S/C22H35N5O2.HI/c1-4-23-22(24-16-18(26(2)3)20-10-8-14-28-20)25-17-19(21-11-9-15-29-21)27-12-6-5-7-13-27;/h8-11,14-15,18-19H,4-7,12-13,16-17H2,1-3H3,(H2,23,24,25);1H. The van der Waals surface area contributed by atoms with Gasteiger partial charge in [-0.05, 0) is 71.2 Å². The average molecular weight is 529 g/mol. The molecule has 0 aliphatic carbocycles. The second-order valence-corrected chi connectivity index (χ2v) is 7.72. The van der Waals surface area contributed by atoms with Gasteiger partial charge in [-0.25, -0.2) is 0 Å². The minimum atomic E-state index is 0. The molecule has 8 heteroatoms. The molecule has 0 bridgehead atoms. The van der Waals surface area contributed by atoms with Crippen LogP contribution in [0.5, 0.6) is 0 Å². The first-order chi connectivity index (χ1) is 14.2. The van der Waals surface area contributed by atoms with E-state index in [9.17, 15) is 0 Å². The first kappa shape index (κ1) is 24.7. The van der Waals surface area contributed by atoms with Crippen LogP contribution in [0.15, 0.2) is 50.6 Å². The zero-order valence-corrected chi connectivity index (χ0v) is 20.7. The van der Waals surface area contributed by atoms with Gasteiger partial charge in [0.25, 0.3) is 0 Å². The van der Waals surface area contributed by atoms with Gasteiger partial charge < -0.3 is 19.5 Å². The summed E-state index contributed by atoms with van der Waals surface area (Å²) in [7, 11) is 4.12. The summed E-state index contributed by atoms with van der Waals surface area (Å²) >= 11 is 0. The van der Waals surface area contributed by atoms with Crippen LogP contribution in [0, 0.1) is 0 Å². The number of nitrogens with one attached hydrogen (secondary N) is 2. The largest absolute Gasteiger partial charge is 0.468 e. The molecule has 0 aromatic carbocycles. The lowest BCUT2D eigenvalue weighted by molar-refractivity contribution is 0.150. The summed E-state index contributed by atoms with van der Waals surface area (Å²) in [5.74, 6) is 2.76.